The summed E-state index contributed by atoms with van der Waals surface area (Å²) in [4.78, 5) is 21.8. The molecule has 0 bridgehead atoms. The van der Waals surface area contributed by atoms with E-state index in [2.05, 4.69) is 11.3 Å². The van der Waals surface area contributed by atoms with Crippen molar-refractivity contribution >= 4 is 23.0 Å². The van der Waals surface area contributed by atoms with E-state index in [0.717, 1.165) is 11.3 Å². The molecule has 0 saturated heterocycles. The molecule has 0 atom stereocenters. The fourth-order valence-electron chi connectivity index (χ4n) is 1.24. The van der Waals surface area contributed by atoms with E-state index in [4.69, 9.17) is 4.74 Å². The maximum absolute atomic E-state index is 11.5. The number of carbonyl (C=O) groups is 1. The third-order valence-corrected chi connectivity index (χ3v) is 3.03. The predicted octanol–water partition coefficient (Wildman–Crippen LogP) is 3.22. The second-order valence-corrected chi connectivity index (χ2v) is 4.41. The fraction of sp³-hybridized carbons (Fsp3) is 0.154. The standard InChI is InChI=1S/C13H13NO5S/c1-4-5-6-11(9(2)12(15)18-3)19-13-10(14(16)17)7-8-20-13/h4-8H,1H2,2-3H3/b6-5-,11-9-. The molecule has 1 heterocycles. The molecule has 0 saturated carbocycles. The number of hydrogen-bond donors (Lipinski definition) is 0. The molecule has 20 heavy (non-hydrogen) atoms. The normalized spacial score (nSPS) is 11.9. The predicted molar refractivity (Wildman–Crippen MR) is 75.7 cm³/mol. The zero-order valence-corrected chi connectivity index (χ0v) is 11.8. The van der Waals surface area contributed by atoms with Gasteiger partial charge in [0.05, 0.1) is 17.6 Å². The molecule has 6 nitrogen and oxygen atoms in total. The average molecular weight is 295 g/mol. The number of thiophene rings is 1. The van der Waals surface area contributed by atoms with Gasteiger partial charge in [-0.3, -0.25) is 10.1 Å². The fourth-order valence-corrected chi connectivity index (χ4v) is 1.97. The van der Waals surface area contributed by atoms with Gasteiger partial charge in [-0.05, 0) is 13.0 Å². The highest BCUT2D eigenvalue weighted by Crippen LogP contribution is 2.35. The lowest BCUT2D eigenvalue weighted by atomic mass is 10.2. The summed E-state index contributed by atoms with van der Waals surface area (Å²) >= 11 is 1.07. The van der Waals surface area contributed by atoms with E-state index in [9.17, 15) is 14.9 Å². The quantitative estimate of drug-likeness (QED) is 0.201. The Morgan fingerprint density at radius 1 is 1.55 bits per heavy atom. The molecule has 0 aliphatic carbocycles. The van der Waals surface area contributed by atoms with Crippen molar-refractivity contribution in [3.8, 4) is 5.06 Å². The second kappa shape index (κ2) is 7.25. The summed E-state index contributed by atoms with van der Waals surface area (Å²) < 4.78 is 10.1. The van der Waals surface area contributed by atoms with Crippen molar-refractivity contribution in [3.05, 3.63) is 57.7 Å². The van der Waals surface area contributed by atoms with Crippen molar-refractivity contribution in [2.45, 2.75) is 6.92 Å². The molecule has 0 aliphatic heterocycles. The van der Waals surface area contributed by atoms with Gasteiger partial charge in [-0.15, -0.1) is 11.3 Å². The molecule has 0 radical (unpaired) electrons. The Morgan fingerprint density at radius 2 is 2.25 bits per heavy atom. The lowest BCUT2D eigenvalue weighted by Gasteiger charge is -2.07. The molecule has 1 aromatic rings. The molecule has 0 aromatic carbocycles. The maximum Gasteiger partial charge on any atom is 0.337 e. The van der Waals surface area contributed by atoms with Crippen LogP contribution in [-0.2, 0) is 9.53 Å². The van der Waals surface area contributed by atoms with Crippen LogP contribution in [0, 0.1) is 10.1 Å². The van der Waals surface area contributed by atoms with Crippen molar-refractivity contribution in [1.29, 1.82) is 0 Å². The second-order valence-electron chi connectivity index (χ2n) is 3.53. The van der Waals surface area contributed by atoms with Crippen LogP contribution >= 0.6 is 11.3 Å². The van der Waals surface area contributed by atoms with Crippen LogP contribution in [0.15, 0.2) is 47.6 Å². The third-order valence-electron chi connectivity index (χ3n) is 2.25. The van der Waals surface area contributed by atoms with Crippen LogP contribution in [0.2, 0.25) is 0 Å². The summed E-state index contributed by atoms with van der Waals surface area (Å²) in [6.45, 7) is 5.02. The molecule has 7 heteroatoms. The van der Waals surface area contributed by atoms with E-state index in [-0.39, 0.29) is 22.1 Å². The van der Waals surface area contributed by atoms with Crippen LogP contribution in [0.25, 0.3) is 0 Å². The molecule has 0 fully saturated rings. The van der Waals surface area contributed by atoms with Gasteiger partial charge in [0.25, 0.3) is 5.06 Å². The number of esters is 1. The van der Waals surface area contributed by atoms with Crippen molar-refractivity contribution in [2.75, 3.05) is 7.11 Å². The topological polar surface area (TPSA) is 78.7 Å². The molecule has 106 valence electrons. The summed E-state index contributed by atoms with van der Waals surface area (Å²) in [6, 6.07) is 1.34. The number of rotatable bonds is 6. The molecular weight excluding hydrogens is 282 g/mol. The van der Waals surface area contributed by atoms with Crippen LogP contribution in [-0.4, -0.2) is 18.0 Å². The summed E-state index contributed by atoms with van der Waals surface area (Å²) in [5, 5.41) is 12.5. The SMILES string of the molecule is C=C/C=C\C(Oc1sccc1[N+](=O)[O-])=C(/C)C(=O)OC. The monoisotopic (exact) mass is 295 g/mol. The van der Waals surface area contributed by atoms with E-state index in [1.807, 2.05) is 0 Å². The van der Waals surface area contributed by atoms with E-state index in [0.29, 0.717) is 0 Å². The van der Waals surface area contributed by atoms with Crippen LogP contribution in [0.4, 0.5) is 5.69 Å². The first-order valence-corrected chi connectivity index (χ1v) is 6.37. The van der Waals surface area contributed by atoms with E-state index in [1.165, 1.54) is 37.6 Å². The zero-order valence-electron chi connectivity index (χ0n) is 11.0. The maximum atomic E-state index is 11.5. The number of nitrogens with zero attached hydrogens (tertiary/aromatic N) is 1. The van der Waals surface area contributed by atoms with Gasteiger partial charge in [-0.2, -0.15) is 0 Å². The minimum absolute atomic E-state index is 0.0990. The van der Waals surface area contributed by atoms with Gasteiger partial charge in [0.15, 0.2) is 0 Å². The minimum atomic E-state index is -0.576. The number of methoxy groups -OCH3 is 1. The number of carbonyl (C=O) groups excluding carboxylic acids is 1. The van der Waals surface area contributed by atoms with Gasteiger partial charge in [0.1, 0.15) is 5.76 Å². The van der Waals surface area contributed by atoms with Crippen LogP contribution in [0.5, 0.6) is 5.06 Å². The van der Waals surface area contributed by atoms with Crippen molar-refractivity contribution in [2.24, 2.45) is 0 Å². The summed E-state index contributed by atoms with van der Waals surface area (Å²) in [7, 11) is 1.24. The largest absolute Gasteiger partial charge is 0.466 e. The first-order chi connectivity index (χ1) is 9.51. The van der Waals surface area contributed by atoms with Gasteiger partial charge >= 0.3 is 11.7 Å². The number of ether oxygens (including phenoxy) is 2. The van der Waals surface area contributed by atoms with Gasteiger partial charge < -0.3 is 9.47 Å². The average Bonchev–Trinajstić information content (AvgIpc) is 2.90. The Labute approximate surface area is 119 Å². The molecule has 0 aliphatic rings. The highest BCUT2D eigenvalue weighted by molar-refractivity contribution is 7.12. The third kappa shape index (κ3) is 3.79. The van der Waals surface area contributed by atoms with Gasteiger partial charge in [-0.1, -0.05) is 18.7 Å². The van der Waals surface area contributed by atoms with Crippen molar-refractivity contribution < 1.29 is 19.2 Å². The molecule has 0 amide bonds. The van der Waals surface area contributed by atoms with Crippen molar-refractivity contribution in [1.82, 2.24) is 0 Å². The summed E-state index contributed by atoms with van der Waals surface area (Å²) in [5.41, 5.74) is 0.0467. The lowest BCUT2D eigenvalue weighted by molar-refractivity contribution is -0.385. The van der Waals surface area contributed by atoms with E-state index >= 15 is 0 Å². The van der Waals surface area contributed by atoms with Crippen molar-refractivity contribution in [3.63, 3.8) is 0 Å². The molecule has 0 N–H and O–H groups in total. The Morgan fingerprint density at radius 3 is 2.80 bits per heavy atom. The van der Waals surface area contributed by atoms with Crippen LogP contribution in [0.1, 0.15) is 6.92 Å². The van der Waals surface area contributed by atoms with Gasteiger partial charge in [0.2, 0.25) is 0 Å². The highest BCUT2D eigenvalue weighted by atomic mass is 32.1. The number of nitro groups is 1. The van der Waals surface area contributed by atoms with Crippen LogP contribution < -0.4 is 4.74 Å². The van der Waals surface area contributed by atoms with Gasteiger partial charge in [-0.25, -0.2) is 4.79 Å². The minimum Gasteiger partial charge on any atom is -0.466 e. The molecule has 0 spiro atoms. The van der Waals surface area contributed by atoms with Crippen LogP contribution in [0.3, 0.4) is 0 Å². The first kappa shape index (κ1) is 15.6. The number of hydrogen-bond acceptors (Lipinski definition) is 6. The molecule has 0 unspecified atom stereocenters. The Kier molecular flexibility index (Phi) is 5.67. The van der Waals surface area contributed by atoms with E-state index < -0.39 is 10.9 Å². The Bertz CT molecular complexity index is 585. The van der Waals surface area contributed by atoms with Gasteiger partial charge in [0, 0.05) is 11.4 Å². The van der Waals surface area contributed by atoms with E-state index in [1.54, 1.807) is 6.08 Å². The Balaban J connectivity index is 3.17. The highest BCUT2D eigenvalue weighted by Gasteiger charge is 2.20. The Hall–Kier alpha value is -2.41. The zero-order chi connectivity index (χ0) is 15.1. The molecular formula is C13H13NO5S. The summed E-state index contributed by atoms with van der Waals surface area (Å²) in [5.74, 6) is -0.407. The lowest BCUT2D eigenvalue weighted by Crippen LogP contribution is -2.07. The molecule has 1 aromatic heterocycles. The molecule has 1 rings (SSSR count). The smallest absolute Gasteiger partial charge is 0.337 e. The summed E-state index contributed by atoms with van der Waals surface area (Å²) in [6.07, 6.45) is 4.54. The number of allylic oxidation sites excluding steroid dienone is 3. The first-order valence-electron chi connectivity index (χ1n) is 5.49.